The van der Waals surface area contributed by atoms with Gasteiger partial charge in [0.15, 0.2) is 0 Å². The molecule has 278 valence electrons. The molecule has 3 heteroatoms. The van der Waals surface area contributed by atoms with E-state index in [2.05, 4.69) is 54.5 Å². The number of carbonyl (C=O) groups excluding carboxylic acids is 1. The number of rotatable bonds is 21. The highest BCUT2D eigenvalue weighted by Gasteiger charge is 2.68. The van der Waals surface area contributed by atoms with Crippen LogP contribution in [0, 0.1) is 45.8 Å². The van der Waals surface area contributed by atoms with Crippen LogP contribution in [0.4, 0.5) is 0 Å². The highest BCUT2D eigenvalue weighted by atomic mass is 16.5. The summed E-state index contributed by atoms with van der Waals surface area (Å²) in [5, 5.41) is 12.0. The van der Waals surface area contributed by atoms with Crippen molar-refractivity contribution in [3.63, 3.8) is 0 Å². The van der Waals surface area contributed by atoms with Crippen LogP contribution in [-0.2, 0) is 9.53 Å². The van der Waals surface area contributed by atoms with Gasteiger partial charge in [0, 0.05) is 11.8 Å². The van der Waals surface area contributed by atoms with E-state index in [0.717, 1.165) is 57.3 Å². The van der Waals surface area contributed by atoms with Crippen molar-refractivity contribution in [2.75, 3.05) is 0 Å². The van der Waals surface area contributed by atoms with Crippen LogP contribution in [0.25, 0.3) is 0 Å². The number of aliphatic hydroxyl groups excluding tert-OH is 1. The molecule has 0 saturated heterocycles. The van der Waals surface area contributed by atoms with Gasteiger partial charge in [-0.05, 0) is 98.2 Å². The number of allylic oxidation sites excluding steroid dienone is 1. The molecule has 0 aromatic heterocycles. The Morgan fingerprint density at radius 1 is 0.833 bits per heavy atom. The third kappa shape index (κ3) is 8.96. The lowest BCUT2D eigenvalue weighted by atomic mass is 9.42. The highest BCUT2D eigenvalue weighted by Crippen LogP contribution is 2.73. The van der Waals surface area contributed by atoms with Gasteiger partial charge in [0.25, 0.3) is 0 Å². The molecule has 1 N–H and O–H groups in total. The summed E-state index contributed by atoms with van der Waals surface area (Å²) in [6, 6.07) is 0. The molecule has 9 atom stereocenters. The normalized spacial score (nSPS) is 35.1. The Balaban J connectivity index is 1.23. The van der Waals surface area contributed by atoms with Crippen LogP contribution in [0.2, 0.25) is 0 Å². The largest absolute Gasteiger partial charge is 0.462 e. The number of fused-ring (bicyclic) bond motifs is 5. The lowest BCUT2D eigenvalue weighted by molar-refractivity contribution is -0.156. The maximum Gasteiger partial charge on any atom is 0.306 e. The number of hydrogen-bond donors (Lipinski definition) is 1. The van der Waals surface area contributed by atoms with Gasteiger partial charge < -0.3 is 9.84 Å². The maximum absolute atomic E-state index is 12.9. The average molecular weight is 669 g/mol. The maximum atomic E-state index is 12.9. The molecule has 0 aromatic carbocycles. The third-order valence-electron chi connectivity index (χ3n) is 15.1. The first kappa shape index (κ1) is 39.9. The van der Waals surface area contributed by atoms with Gasteiger partial charge in [-0.15, -0.1) is 0 Å². The van der Waals surface area contributed by atoms with Gasteiger partial charge >= 0.3 is 5.97 Å². The van der Waals surface area contributed by atoms with Gasteiger partial charge in [-0.1, -0.05) is 156 Å². The first-order chi connectivity index (χ1) is 23.0. The smallest absolute Gasteiger partial charge is 0.306 e. The number of unbranched alkanes of at least 4 members (excludes halogenated alkanes) is 12. The molecule has 0 bridgehead atoms. The minimum atomic E-state index is -0.221. The number of carbonyl (C=O) groups is 1. The molecule has 0 heterocycles. The molecule has 0 unspecified atom stereocenters. The first-order valence-electron chi connectivity index (χ1n) is 21.6. The number of aliphatic hydroxyl groups is 1. The molecular formula is C45H80O3. The fraction of sp³-hybridized carbons (Fsp3) is 0.933. The Morgan fingerprint density at radius 2 is 1.46 bits per heavy atom. The summed E-state index contributed by atoms with van der Waals surface area (Å²) in [7, 11) is 0. The molecule has 48 heavy (non-hydrogen) atoms. The third-order valence-corrected chi connectivity index (χ3v) is 15.1. The van der Waals surface area contributed by atoms with Crippen LogP contribution in [0.1, 0.15) is 209 Å². The Bertz CT molecular complexity index is 1000. The van der Waals surface area contributed by atoms with Crippen LogP contribution in [-0.4, -0.2) is 23.3 Å². The van der Waals surface area contributed by atoms with E-state index >= 15 is 0 Å². The van der Waals surface area contributed by atoms with Crippen molar-refractivity contribution in [2.45, 2.75) is 221 Å². The van der Waals surface area contributed by atoms with Gasteiger partial charge in [-0.2, -0.15) is 0 Å². The van der Waals surface area contributed by atoms with Crippen LogP contribution < -0.4 is 0 Å². The van der Waals surface area contributed by atoms with E-state index in [1.54, 1.807) is 5.57 Å². The number of hydrogen-bond acceptors (Lipinski definition) is 3. The summed E-state index contributed by atoms with van der Waals surface area (Å²) in [5.74, 6) is 3.24. The van der Waals surface area contributed by atoms with Crippen LogP contribution >= 0.6 is 0 Å². The summed E-state index contributed by atoms with van der Waals surface area (Å²) < 4.78 is 6.16. The van der Waals surface area contributed by atoms with Crippen molar-refractivity contribution >= 4 is 5.97 Å². The van der Waals surface area contributed by atoms with Gasteiger partial charge in [0.1, 0.15) is 6.10 Å². The molecule has 0 amide bonds. The Kier molecular flexibility index (Phi) is 15.5. The number of esters is 1. The summed E-state index contributed by atoms with van der Waals surface area (Å²) in [6.45, 7) is 17.0. The van der Waals surface area contributed by atoms with E-state index in [4.69, 9.17) is 4.74 Å². The molecule has 3 fully saturated rings. The van der Waals surface area contributed by atoms with E-state index in [9.17, 15) is 9.90 Å². The zero-order valence-electron chi connectivity index (χ0n) is 33.1. The molecule has 0 radical (unpaired) electrons. The standard InChI is InChI=1S/C45H80O3/c1-8-10-11-12-13-14-15-16-17-18-19-20-21-25-42(47)48-37-28-30-43(6)36(32-37)26-27-39-38(43)29-31-44(7)40(33-41(46)45(39,44)9-2)35(5)24-22-23-34(3)4/h27,34-38,40-41,46H,8-26,28-33H2,1-7H3/t35-,36+,37+,38+,40-,41+,43+,44-,45-/m1/s1. The fourth-order valence-corrected chi connectivity index (χ4v) is 12.1. The highest BCUT2D eigenvalue weighted by molar-refractivity contribution is 5.69. The zero-order valence-corrected chi connectivity index (χ0v) is 33.1. The fourth-order valence-electron chi connectivity index (χ4n) is 12.1. The minimum Gasteiger partial charge on any atom is -0.462 e. The van der Waals surface area contributed by atoms with E-state index in [1.807, 2.05) is 0 Å². The van der Waals surface area contributed by atoms with E-state index in [-0.39, 0.29) is 34.4 Å². The SMILES string of the molecule is CCCCCCCCCCCCCCCC(=O)O[C@H]1CC[C@@]2(C)[C@@H](CC=C3[C@@H]2CC[C@]2(C)[C@@H]([C@H](C)CCCC(C)C)C[C@H](O)[C@@]32CC)C1. The van der Waals surface area contributed by atoms with Crippen LogP contribution in [0.3, 0.4) is 0 Å². The monoisotopic (exact) mass is 669 g/mol. The predicted octanol–water partition coefficient (Wildman–Crippen LogP) is 13.2. The second-order valence-electron chi connectivity index (χ2n) is 18.5. The summed E-state index contributed by atoms with van der Waals surface area (Å²) in [4.78, 5) is 12.9. The molecule has 4 aliphatic carbocycles. The molecule has 0 spiro atoms. The summed E-state index contributed by atoms with van der Waals surface area (Å²) in [5.41, 5.74) is 2.01. The summed E-state index contributed by atoms with van der Waals surface area (Å²) >= 11 is 0. The molecule has 0 aliphatic heterocycles. The number of ether oxygens (including phenoxy) is 1. The lowest BCUT2D eigenvalue weighted by Crippen LogP contribution is -2.56. The molecule has 3 saturated carbocycles. The lowest BCUT2D eigenvalue weighted by Gasteiger charge is -2.62. The summed E-state index contributed by atoms with van der Waals surface area (Å²) in [6.07, 6.45) is 33.1. The Labute approximate surface area is 298 Å². The Hall–Kier alpha value is -0.830. The van der Waals surface area contributed by atoms with Crippen molar-refractivity contribution < 1.29 is 14.6 Å². The van der Waals surface area contributed by atoms with E-state index in [0.29, 0.717) is 30.1 Å². The molecule has 4 aliphatic rings. The zero-order chi connectivity index (χ0) is 34.8. The van der Waals surface area contributed by atoms with Crippen molar-refractivity contribution in [1.29, 1.82) is 0 Å². The quantitative estimate of drug-likeness (QED) is 0.0752. The first-order valence-corrected chi connectivity index (χ1v) is 21.6. The van der Waals surface area contributed by atoms with Crippen molar-refractivity contribution in [2.24, 2.45) is 45.8 Å². The predicted molar refractivity (Wildman–Crippen MR) is 204 cm³/mol. The molecule has 4 rings (SSSR count). The molecule has 0 aromatic rings. The minimum absolute atomic E-state index is 0.0414. The van der Waals surface area contributed by atoms with Crippen molar-refractivity contribution in [3.8, 4) is 0 Å². The van der Waals surface area contributed by atoms with Crippen LogP contribution in [0.5, 0.6) is 0 Å². The average Bonchev–Trinajstić information content (AvgIpc) is 3.29. The van der Waals surface area contributed by atoms with Gasteiger partial charge in [0.05, 0.1) is 6.10 Å². The van der Waals surface area contributed by atoms with Crippen molar-refractivity contribution in [1.82, 2.24) is 0 Å². The van der Waals surface area contributed by atoms with E-state index < -0.39 is 0 Å². The second-order valence-corrected chi connectivity index (χ2v) is 18.5. The topological polar surface area (TPSA) is 46.5 Å². The Morgan fingerprint density at radius 3 is 2.06 bits per heavy atom. The van der Waals surface area contributed by atoms with Gasteiger partial charge in [-0.3, -0.25) is 4.79 Å². The molecular weight excluding hydrogens is 588 g/mol. The van der Waals surface area contributed by atoms with Crippen molar-refractivity contribution in [3.05, 3.63) is 11.6 Å². The molecule has 3 nitrogen and oxygen atoms in total. The second kappa shape index (κ2) is 18.6. The van der Waals surface area contributed by atoms with Crippen LogP contribution in [0.15, 0.2) is 11.6 Å². The van der Waals surface area contributed by atoms with E-state index in [1.165, 1.54) is 103 Å². The van der Waals surface area contributed by atoms with Gasteiger partial charge in [-0.25, -0.2) is 0 Å². The van der Waals surface area contributed by atoms with Gasteiger partial charge in [0.2, 0.25) is 0 Å².